The number of carbonyl (C=O) groups is 3. The number of carbonyl (C=O) groups excluding carboxylic acids is 1. The molecule has 0 amide bonds. The fourth-order valence-electron chi connectivity index (χ4n) is 3.58. The number of ketones is 1. The van der Waals surface area contributed by atoms with Crippen LogP contribution in [0.5, 0.6) is 5.75 Å². The first-order valence-electron chi connectivity index (χ1n) is 9.60. The fraction of sp³-hybridized carbons (Fsp3) is 0.0870. The van der Waals surface area contributed by atoms with Gasteiger partial charge in [-0.2, -0.15) is 8.42 Å². The summed E-state index contributed by atoms with van der Waals surface area (Å²) in [5, 5.41) is 28.6. The van der Waals surface area contributed by atoms with E-state index in [1.807, 2.05) is 0 Å². The molecule has 0 saturated heterocycles. The quantitative estimate of drug-likeness (QED) is 0.149. The molecule has 0 aromatic heterocycles. The van der Waals surface area contributed by atoms with Crippen molar-refractivity contribution < 1.29 is 136 Å². The van der Waals surface area contributed by atoms with Gasteiger partial charge in [0, 0.05) is 5.56 Å². The number of allylic oxidation sites excluding steroid dienone is 4. The molecule has 0 heterocycles. The Kier molecular flexibility index (Phi) is 14.3. The van der Waals surface area contributed by atoms with Gasteiger partial charge in [0.15, 0.2) is 5.78 Å². The van der Waals surface area contributed by atoms with Crippen LogP contribution in [0.15, 0.2) is 58.0 Å². The number of aliphatic carboxylic acids is 1. The largest absolute Gasteiger partial charge is 1.00 e. The van der Waals surface area contributed by atoms with Crippen molar-refractivity contribution >= 4 is 56.6 Å². The van der Waals surface area contributed by atoms with E-state index in [2.05, 4.69) is 0 Å². The average molecular weight is 611 g/mol. The van der Waals surface area contributed by atoms with Gasteiger partial charge in [-0.05, 0) is 78.1 Å². The van der Waals surface area contributed by atoms with Gasteiger partial charge in [0.2, 0.25) is 0 Å². The SMILES string of the molecule is CC1=CC(=C(c2cc(C)c(O)c(C(=O)O)c2)c2c(Cl)ccc(S(=O)(=O)O)c2Cl)C=C(C(=O)O)C1=O.[H-].[H-].[H-].[Na+].[Na+].[Na+]. The molecule has 1 aliphatic carbocycles. The summed E-state index contributed by atoms with van der Waals surface area (Å²) >= 11 is 12.7. The van der Waals surface area contributed by atoms with Crippen molar-refractivity contribution in [3.8, 4) is 5.75 Å². The predicted molar refractivity (Wildman–Crippen MR) is 130 cm³/mol. The molecular weight excluding hydrogens is 592 g/mol. The minimum atomic E-state index is -4.83. The molecule has 0 saturated carbocycles. The van der Waals surface area contributed by atoms with Gasteiger partial charge in [0.25, 0.3) is 10.1 Å². The molecular formula is C23H19Cl2Na3O9S. The maximum absolute atomic E-state index is 12.4. The Morgan fingerprint density at radius 3 is 2.03 bits per heavy atom. The van der Waals surface area contributed by atoms with E-state index in [4.69, 9.17) is 23.2 Å². The predicted octanol–water partition coefficient (Wildman–Crippen LogP) is -4.36. The normalized spacial score (nSPS) is 14.2. The Bertz CT molecular complexity index is 1560. The van der Waals surface area contributed by atoms with Crippen LogP contribution in [-0.2, 0) is 19.7 Å². The van der Waals surface area contributed by atoms with E-state index in [1.54, 1.807) is 0 Å². The molecule has 0 fully saturated rings. The Morgan fingerprint density at radius 2 is 1.53 bits per heavy atom. The summed E-state index contributed by atoms with van der Waals surface area (Å²) in [5.41, 5.74) is -1.10. The third-order valence-corrected chi connectivity index (χ3v) is 6.91. The molecule has 0 radical (unpaired) electrons. The fourth-order valence-corrected chi connectivity index (χ4v) is 5.00. The van der Waals surface area contributed by atoms with E-state index < -0.39 is 54.6 Å². The number of rotatable bonds is 5. The first kappa shape index (κ1) is 37.6. The molecule has 0 bridgehead atoms. The topological polar surface area (TPSA) is 166 Å². The zero-order chi connectivity index (χ0) is 26.4. The molecule has 38 heavy (non-hydrogen) atoms. The number of phenols is 1. The molecule has 0 atom stereocenters. The molecule has 1 aliphatic rings. The Labute approximate surface area is 298 Å². The Balaban J connectivity index is -0.00000114. The number of Topliss-reactive ketones (excluding diaryl/α,β-unsaturated/α-hetero) is 1. The molecule has 2 aromatic rings. The zero-order valence-electron chi connectivity index (χ0n) is 24.0. The monoisotopic (exact) mass is 610 g/mol. The van der Waals surface area contributed by atoms with E-state index >= 15 is 0 Å². The van der Waals surface area contributed by atoms with Crippen LogP contribution in [0.3, 0.4) is 0 Å². The molecule has 0 aliphatic heterocycles. The maximum atomic E-state index is 12.4. The van der Waals surface area contributed by atoms with Crippen LogP contribution in [-0.4, -0.2) is 46.0 Å². The van der Waals surface area contributed by atoms with Gasteiger partial charge in [-0.15, -0.1) is 0 Å². The van der Waals surface area contributed by atoms with Crippen LogP contribution < -0.4 is 88.7 Å². The average Bonchev–Trinajstić information content (AvgIpc) is 2.73. The van der Waals surface area contributed by atoms with Crippen molar-refractivity contribution in [3.63, 3.8) is 0 Å². The summed E-state index contributed by atoms with van der Waals surface area (Å²) in [6, 6.07) is 4.50. The Hall–Kier alpha value is -0.440. The van der Waals surface area contributed by atoms with E-state index in [0.717, 1.165) is 24.3 Å². The van der Waals surface area contributed by atoms with Crippen molar-refractivity contribution in [2.75, 3.05) is 0 Å². The number of carboxylic acids is 2. The van der Waals surface area contributed by atoms with Gasteiger partial charge in [-0.3, -0.25) is 9.35 Å². The van der Waals surface area contributed by atoms with Crippen LogP contribution in [0.2, 0.25) is 10.0 Å². The first-order valence-corrected chi connectivity index (χ1v) is 11.8. The van der Waals surface area contributed by atoms with Crippen LogP contribution in [0, 0.1) is 6.92 Å². The van der Waals surface area contributed by atoms with E-state index in [1.165, 1.54) is 26.0 Å². The molecule has 3 rings (SSSR count). The number of aryl methyl sites for hydroxylation is 1. The van der Waals surface area contributed by atoms with Crippen molar-refractivity contribution in [3.05, 3.63) is 85.4 Å². The number of halogens is 2. The second-order valence-electron chi connectivity index (χ2n) is 7.55. The number of benzene rings is 2. The third-order valence-electron chi connectivity index (χ3n) is 5.20. The van der Waals surface area contributed by atoms with Crippen molar-refractivity contribution in [1.29, 1.82) is 0 Å². The van der Waals surface area contributed by atoms with Crippen LogP contribution in [0.25, 0.3) is 5.57 Å². The first-order chi connectivity index (χ1) is 16.1. The molecule has 0 spiro atoms. The van der Waals surface area contributed by atoms with Gasteiger partial charge >= 0.3 is 101 Å². The third kappa shape index (κ3) is 7.64. The maximum Gasteiger partial charge on any atom is 1.00 e. The summed E-state index contributed by atoms with van der Waals surface area (Å²) in [4.78, 5) is 35.1. The summed E-state index contributed by atoms with van der Waals surface area (Å²) in [7, 11) is -4.83. The van der Waals surface area contributed by atoms with Crippen molar-refractivity contribution in [2.45, 2.75) is 18.7 Å². The number of hydrogen-bond acceptors (Lipinski definition) is 6. The summed E-state index contributed by atoms with van der Waals surface area (Å²) in [5.74, 6) is -4.30. The van der Waals surface area contributed by atoms with Gasteiger partial charge in [0.05, 0.1) is 10.0 Å². The second kappa shape index (κ2) is 14.5. The van der Waals surface area contributed by atoms with Gasteiger partial charge in [-0.1, -0.05) is 23.2 Å². The minimum absolute atomic E-state index is 0. The van der Waals surface area contributed by atoms with Crippen molar-refractivity contribution in [2.24, 2.45) is 0 Å². The molecule has 9 nitrogen and oxygen atoms in total. The Morgan fingerprint density at radius 1 is 0.947 bits per heavy atom. The minimum Gasteiger partial charge on any atom is -1.00 e. The number of aromatic hydroxyl groups is 1. The van der Waals surface area contributed by atoms with Gasteiger partial charge in [0.1, 0.15) is 21.8 Å². The number of carboxylic acid groups (broad SMARTS) is 2. The molecule has 0 unspecified atom stereocenters. The number of aromatic carboxylic acids is 1. The summed E-state index contributed by atoms with van der Waals surface area (Å²) < 4.78 is 33.4. The summed E-state index contributed by atoms with van der Waals surface area (Å²) in [6.07, 6.45) is 2.32. The van der Waals surface area contributed by atoms with Crippen molar-refractivity contribution in [1.82, 2.24) is 0 Å². The van der Waals surface area contributed by atoms with Crippen LogP contribution >= 0.6 is 23.2 Å². The van der Waals surface area contributed by atoms with E-state index in [0.29, 0.717) is 0 Å². The van der Waals surface area contributed by atoms with Gasteiger partial charge in [-0.25, -0.2) is 9.59 Å². The standard InChI is InChI=1S/C23H16Cl2O9S.3Na.3H/c1-9-5-11(7-13(20(9)26)22(28)29)17(12-6-10(2)21(27)14(8-12)23(30)31)18-15(24)3-4-16(19(18)25)35(32,33)34;;;;;;/h3-8,26H,1-2H3,(H,28,29)(H,30,31)(H,32,33,34);;;;;;/q;3*+1;3*-1. The van der Waals surface area contributed by atoms with Crippen LogP contribution in [0.4, 0.5) is 0 Å². The van der Waals surface area contributed by atoms with Crippen LogP contribution in [0.1, 0.15) is 38.3 Å². The second-order valence-corrected chi connectivity index (χ2v) is 9.73. The smallest absolute Gasteiger partial charge is 1.00 e. The van der Waals surface area contributed by atoms with E-state index in [-0.39, 0.29) is 131 Å². The zero-order valence-corrected chi connectivity index (χ0v) is 29.3. The molecule has 15 heteroatoms. The van der Waals surface area contributed by atoms with E-state index in [9.17, 15) is 42.7 Å². The number of hydrogen-bond donors (Lipinski definition) is 4. The van der Waals surface area contributed by atoms with Gasteiger partial charge < -0.3 is 19.6 Å². The molecule has 2 aromatic carbocycles. The summed E-state index contributed by atoms with van der Waals surface area (Å²) in [6.45, 7) is 2.77. The molecule has 4 N–H and O–H groups in total. The molecule has 188 valence electrons.